The lowest BCUT2D eigenvalue weighted by Gasteiger charge is -2.16. The first-order chi connectivity index (χ1) is 9.76. The molecule has 108 valence electrons. The Morgan fingerprint density at radius 1 is 1.35 bits per heavy atom. The largest absolute Gasteiger partial charge is 0.496 e. The lowest BCUT2D eigenvalue weighted by Crippen LogP contribution is -2.22. The van der Waals surface area contributed by atoms with Gasteiger partial charge in [-0.25, -0.2) is 0 Å². The molecule has 0 aromatic carbocycles. The maximum absolute atomic E-state index is 5.27. The van der Waals surface area contributed by atoms with E-state index in [1.807, 2.05) is 11.6 Å². The molecule has 2 aromatic heterocycles. The zero-order valence-corrected chi connectivity index (χ0v) is 13.2. The highest BCUT2D eigenvalue weighted by Gasteiger charge is 2.14. The van der Waals surface area contributed by atoms with Crippen LogP contribution in [0.25, 0.3) is 0 Å². The lowest BCUT2D eigenvalue weighted by atomic mass is 10.1. The number of rotatable bonds is 7. The molecule has 0 radical (unpaired) electrons. The van der Waals surface area contributed by atoms with Gasteiger partial charge < -0.3 is 10.1 Å². The van der Waals surface area contributed by atoms with Gasteiger partial charge in [-0.15, -0.1) is 11.3 Å². The Hall–Kier alpha value is -1.39. The Morgan fingerprint density at radius 2 is 2.20 bits per heavy atom. The Bertz CT molecular complexity index is 522. The normalized spacial score (nSPS) is 12.3. The number of hydrogen-bond acceptors (Lipinski definition) is 4. The van der Waals surface area contributed by atoms with Crippen LogP contribution in [0.1, 0.15) is 36.0 Å². The van der Waals surface area contributed by atoms with Crippen LogP contribution in [0.5, 0.6) is 5.75 Å². The number of methoxy groups -OCH3 is 1. The van der Waals surface area contributed by atoms with Gasteiger partial charge in [-0.1, -0.05) is 19.9 Å². The Labute approximate surface area is 125 Å². The number of pyridine rings is 1. The molecule has 0 aliphatic rings. The fourth-order valence-electron chi connectivity index (χ4n) is 2.14. The van der Waals surface area contributed by atoms with E-state index in [1.165, 1.54) is 10.4 Å². The van der Waals surface area contributed by atoms with Crippen LogP contribution in [0.3, 0.4) is 0 Å². The van der Waals surface area contributed by atoms with E-state index in [1.54, 1.807) is 18.4 Å². The van der Waals surface area contributed by atoms with Crippen molar-refractivity contribution < 1.29 is 4.74 Å². The number of nitrogens with zero attached hydrogens (tertiary/aromatic N) is 1. The average Bonchev–Trinajstić information content (AvgIpc) is 2.96. The summed E-state index contributed by atoms with van der Waals surface area (Å²) in [6.07, 6.45) is 3.92. The number of ether oxygens (including phenoxy) is 1. The molecule has 0 saturated carbocycles. The first-order valence-electron chi connectivity index (χ1n) is 7.06. The first-order valence-corrected chi connectivity index (χ1v) is 7.94. The summed E-state index contributed by atoms with van der Waals surface area (Å²) < 4.78 is 5.27. The quantitative estimate of drug-likeness (QED) is 0.846. The fourth-order valence-corrected chi connectivity index (χ4v) is 3.07. The summed E-state index contributed by atoms with van der Waals surface area (Å²) in [6.45, 7) is 5.22. The van der Waals surface area contributed by atoms with E-state index in [9.17, 15) is 0 Å². The Kier molecular flexibility index (Phi) is 5.56. The second-order valence-electron chi connectivity index (χ2n) is 4.71. The summed E-state index contributed by atoms with van der Waals surface area (Å²) in [5, 5.41) is 5.58. The molecule has 0 amide bonds. The van der Waals surface area contributed by atoms with Crippen molar-refractivity contribution in [1.29, 1.82) is 0 Å². The number of aryl methyl sites for hydroxylation is 1. The molecule has 20 heavy (non-hydrogen) atoms. The first kappa shape index (κ1) is 15.0. The van der Waals surface area contributed by atoms with Crippen molar-refractivity contribution in [1.82, 2.24) is 10.3 Å². The van der Waals surface area contributed by atoms with Crippen molar-refractivity contribution in [2.24, 2.45) is 0 Å². The third kappa shape index (κ3) is 3.81. The number of thiophene rings is 1. The maximum Gasteiger partial charge on any atom is 0.129 e. The number of nitrogens with one attached hydrogen (secondary N) is 1. The second kappa shape index (κ2) is 7.41. The Balaban J connectivity index is 2.11. The van der Waals surface area contributed by atoms with E-state index in [0.29, 0.717) is 6.04 Å². The van der Waals surface area contributed by atoms with Crippen LogP contribution in [0, 0.1) is 0 Å². The molecular formula is C16H22N2OS. The minimum absolute atomic E-state index is 0.300. The van der Waals surface area contributed by atoms with E-state index in [-0.39, 0.29) is 0 Å². The number of aromatic nitrogens is 1. The molecule has 1 atom stereocenters. The third-order valence-corrected chi connectivity index (χ3v) is 4.36. The van der Waals surface area contributed by atoms with Gasteiger partial charge in [0.05, 0.1) is 7.11 Å². The van der Waals surface area contributed by atoms with Crippen LogP contribution in [-0.4, -0.2) is 18.6 Å². The van der Waals surface area contributed by atoms with Crippen molar-refractivity contribution >= 4 is 11.3 Å². The molecule has 0 spiro atoms. The fraction of sp³-hybridized carbons (Fsp3) is 0.438. The van der Waals surface area contributed by atoms with E-state index < -0.39 is 0 Å². The summed E-state index contributed by atoms with van der Waals surface area (Å²) in [6, 6.07) is 6.71. The number of likely N-dealkylation sites (N-methyl/N-ethyl adjacent to an activating group) is 1. The van der Waals surface area contributed by atoms with Crippen LogP contribution in [-0.2, 0) is 12.8 Å². The molecule has 4 heteroatoms. The summed E-state index contributed by atoms with van der Waals surface area (Å²) in [5.74, 6) is 0.933. The van der Waals surface area contributed by atoms with E-state index >= 15 is 0 Å². The molecule has 1 unspecified atom stereocenters. The smallest absolute Gasteiger partial charge is 0.129 e. The van der Waals surface area contributed by atoms with Gasteiger partial charge in [-0.3, -0.25) is 4.98 Å². The summed E-state index contributed by atoms with van der Waals surface area (Å²) in [4.78, 5) is 5.85. The minimum atomic E-state index is 0.300. The van der Waals surface area contributed by atoms with Gasteiger partial charge in [0.25, 0.3) is 0 Å². The minimum Gasteiger partial charge on any atom is -0.496 e. The summed E-state index contributed by atoms with van der Waals surface area (Å²) in [5.41, 5.74) is 2.41. The van der Waals surface area contributed by atoms with E-state index in [4.69, 9.17) is 4.74 Å². The zero-order valence-electron chi connectivity index (χ0n) is 12.3. The zero-order chi connectivity index (χ0) is 14.4. The molecule has 1 N–H and O–H groups in total. The van der Waals surface area contributed by atoms with Gasteiger partial charge in [0.2, 0.25) is 0 Å². The molecule has 0 aliphatic heterocycles. The van der Waals surface area contributed by atoms with Crippen molar-refractivity contribution in [3.8, 4) is 5.75 Å². The van der Waals surface area contributed by atoms with Crippen molar-refractivity contribution in [2.45, 2.75) is 32.7 Å². The van der Waals surface area contributed by atoms with E-state index in [2.05, 4.69) is 42.3 Å². The molecule has 0 aliphatic carbocycles. The molecular weight excluding hydrogens is 268 g/mol. The highest BCUT2D eigenvalue weighted by molar-refractivity contribution is 7.10. The predicted molar refractivity (Wildman–Crippen MR) is 84.6 cm³/mol. The van der Waals surface area contributed by atoms with Crippen molar-refractivity contribution in [2.75, 3.05) is 13.7 Å². The SMILES string of the molecule is CCNC(Cc1ccc(CC)cn1)c1cc(OC)cs1. The van der Waals surface area contributed by atoms with Gasteiger partial charge in [0, 0.05) is 34.6 Å². The monoisotopic (exact) mass is 290 g/mol. The lowest BCUT2D eigenvalue weighted by molar-refractivity contribution is 0.415. The van der Waals surface area contributed by atoms with Crippen LogP contribution < -0.4 is 10.1 Å². The van der Waals surface area contributed by atoms with Gasteiger partial charge in [0.1, 0.15) is 5.75 Å². The topological polar surface area (TPSA) is 34.2 Å². The average molecular weight is 290 g/mol. The van der Waals surface area contributed by atoms with Gasteiger partial charge in [-0.2, -0.15) is 0 Å². The van der Waals surface area contributed by atoms with Crippen LogP contribution in [0.4, 0.5) is 0 Å². The molecule has 3 nitrogen and oxygen atoms in total. The van der Waals surface area contributed by atoms with Crippen LogP contribution >= 0.6 is 11.3 Å². The molecule has 2 heterocycles. The number of hydrogen-bond donors (Lipinski definition) is 1. The van der Waals surface area contributed by atoms with Gasteiger partial charge in [-0.05, 0) is 30.7 Å². The van der Waals surface area contributed by atoms with Crippen molar-refractivity contribution in [3.05, 3.63) is 45.9 Å². The summed E-state index contributed by atoms with van der Waals surface area (Å²) in [7, 11) is 1.71. The highest BCUT2D eigenvalue weighted by Crippen LogP contribution is 2.28. The Morgan fingerprint density at radius 3 is 2.75 bits per heavy atom. The molecule has 2 aromatic rings. The highest BCUT2D eigenvalue weighted by atomic mass is 32.1. The van der Waals surface area contributed by atoms with Gasteiger partial charge in [0.15, 0.2) is 0 Å². The molecule has 0 saturated heterocycles. The standard InChI is InChI=1S/C16H22N2OS/c1-4-12-6-7-13(18-10-12)8-15(17-5-2)16-9-14(19-3)11-20-16/h6-7,9-11,15,17H,4-5,8H2,1-3H3. The van der Waals surface area contributed by atoms with Crippen molar-refractivity contribution in [3.63, 3.8) is 0 Å². The summed E-state index contributed by atoms with van der Waals surface area (Å²) >= 11 is 1.73. The van der Waals surface area contributed by atoms with Crippen LogP contribution in [0.15, 0.2) is 29.8 Å². The predicted octanol–water partition coefficient (Wildman–Crippen LogP) is 3.61. The molecule has 2 rings (SSSR count). The van der Waals surface area contributed by atoms with Gasteiger partial charge >= 0.3 is 0 Å². The van der Waals surface area contributed by atoms with E-state index in [0.717, 1.165) is 30.8 Å². The maximum atomic E-state index is 5.27. The molecule has 0 fully saturated rings. The third-order valence-electron chi connectivity index (χ3n) is 3.33. The van der Waals surface area contributed by atoms with Crippen LogP contribution in [0.2, 0.25) is 0 Å². The molecule has 0 bridgehead atoms. The second-order valence-corrected chi connectivity index (χ2v) is 5.66.